The van der Waals surface area contributed by atoms with Crippen LogP contribution in [-0.2, 0) is 27.1 Å². The second-order valence-corrected chi connectivity index (χ2v) is 12.4. The molecule has 1 aliphatic carbocycles. The zero-order valence-corrected chi connectivity index (χ0v) is 23.5. The van der Waals surface area contributed by atoms with Crippen LogP contribution in [0.5, 0.6) is 0 Å². The number of aliphatic carboxylic acids is 1. The van der Waals surface area contributed by atoms with Crippen molar-refractivity contribution in [2.45, 2.75) is 74.4 Å². The molecular weight excluding hydrogens is 567 g/mol. The summed E-state index contributed by atoms with van der Waals surface area (Å²) in [6.45, 7) is 0.932. The number of fused-ring (bicyclic) bond motifs is 3. The van der Waals surface area contributed by atoms with Crippen molar-refractivity contribution in [3.8, 4) is 0 Å². The Bertz CT molecular complexity index is 1340. The van der Waals surface area contributed by atoms with Crippen LogP contribution in [0.4, 0.5) is 27.6 Å². The molecule has 1 saturated carbocycles. The molecule has 3 unspecified atom stereocenters. The number of anilines is 1. The Morgan fingerprint density at radius 3 is 2.27 bits per heavy atom. The lowest BCUT2D eigenvalue weighted by molar-refractivity contribution is -0.228. The number of halogens is 6. The number of hydrogen-bond donors (Lipinski definition) is 1. The Morgan fingerprint density at radius 2 is 1.68 bits per heavy atom. The maximum Gasteiger partial charge on any atom is 0.426 e. The lowest BCUT2D eigenvalue weighted by atomic mass is 9.66. The standard InChI is InChI=1S/C30H32ClF5N2O3/c1-27(32,30(34,35)36)20-5-8-22-23(15-20)37(2)17-24-28(22,16-18-3-6-21(31)7-4-18)13-14-38(24)26(41)29(33)11-9-19(10-12-29)25(39)40/h3-8,15,19,24H,9-14,16-17H2,1-2H3,(H,39,40). The summed E-state index contributed by atoms with van der Waals surface area (Å²) in [5, 5.41) is 9.86. The highest BCUT2D eigenvalue weighted by atomic mass is 35.5. The molecule has 5 nitrogen and oxygen atoms in total. The molecule has 11 heteroatoms. The molecule has 1 N–H and O–H groups in total. The fraction of sp³-hybridized carbons (Fsp3) is 0.533. The molecule has 1 amide bonds. The third kappa shape index (κ3) is 4.96. The van der Waals surface area contributed by atoms with Gasteiger partial charge >= 0.3 is 12.1 Å². The van der Waals surface area contributed by atoms with E-state index in [4.69, 9.17) is 11.6 Å². The van der Waals surface area contributed by atoms with Gasteiger partial charge in [0.2, 0.25) is 5.67 Å². The van der Waals surface area contributed by atoms with Gasteiger partial charge in [0.1, 0.15) is 0 Å². The summed E-state index contributed by atoms with van der Waals surface area (Å²) in [6, 6.07) is 10.5. The van der Waals surface area contributed by atoms with Crippen LogP contribution in [0.15, 0.2) is 42.5 Å². The van der Waals surface area contributed by atoms with Gasteiger partial charge < -0.3 is 14.9 Å². The number of carbonyl (C=O) groups excluding carboxylic acids is 1. The Morgan fingerprint density at radius 1 is 1.05 bits per heavy atom. The van der Waals surface area contributed by atoms with Gasteiger partial charge in [0.05, 0.1) is 12.0 Å². The van der Waals surface area contributed by atoms with Crippen molar-refractivity contribution in [1.82, 2.24) is 4.90 Å². The second-order valence-electron chi connectivity index (χ2n) is 11.9. The second kappa shape index (κ2) is 10.1. The number of alkyl halides is 5. The Labute approximate surface area is 240 Å². The Balaban J connectivity index is 1.55. The number of carbonyl (C=O) groups is 2. The van der Waals surface area contributed by atoms with Gasteiger partial charge in [-0.15, -0.1) is 0 Å². The number of nitrogens with zero attached hydrogens (tertiary/aromatic N) is 2. The number of rotatable bonds is 5. The van der Waals surface area contributed by atoms with Crippen molar-refractivity contribution in [2.75, 3.05) is 25.0 Å². The molecule has 0 radical (unpaired) electrons. The molecule has 3 aliphatic rings. The van der Waals surface area contributed by atoms with E-state index in [9.17, 15) is 32.3 Å². The predicted molar refractivity (Wildman–Crippen MR) is 145 cm³/mol. The van der Waals surface area contributed by atoms with Crippen molar-refractivity contribution in [3.05, 3.63) is 64.2 Å². The van der Waals surface area contributed by atoms with Gasteiger partial charge in [-0.3, -0.25) is 9.59 Å². The zero-order chi connectivity index (χ0) is 30.0. The van der Waals surface area contributed by atoms with Crippen LogP contribution in [0.25, 0.3) is 0 Å². The minimum atomic E-state index is -5.11. The quantitative estimate of drug-likeness (QED) is 0.394. The highest BCUT2D eigenvalue weighted by molar-refractivity contribution is 6.30. The molecule has 5 rings (SSSR count). The Hall–Kier alpha value is -2.88. The van der Waals surface area contributed by atoms with E-state index in [2.05, 4.69) is 0 Å². The van der Waals surface area contributed by atoms with Gasteiger partial charge in [0, 0.05) is 41.8 Å². The number of amides is 1. The van der Waals surface area contributed by atoms with E-state index in [0.717, 1.165) is 11.6 Å². The van der Waals surface area contributed by atoms with Crippen LogP contribution in [0.1, 0.15) is 55.7 Å². The fourth-order valence-electron chi connectivity index (χ4n) is 6.91. The maximum absolute atomic E-state index is 16.1. The number of carboxylic acid groups (broad SMARTS) is 1. The first-order chi connectivity index (χ1) is 19.1. The molecule has 1 saturated heterocycles. The fourth-order valence-corrected chi connectivity index (χ4v) is 7.04. The Kier molecular flexibility index (Phi) is 7.32. The number of carboxylic acids is 1. The molecule has 2 fully saturated rings. The normalized spacial score (nSPS) is 29.5. The first-order valence-corrected chi connectivity index (χ1v) is 14.1. The van der Waals surface area contributed by atoms with E-state index in [0.29, 0.717) is 36.0 Å². The van der Waals surface area contributed by atoms with Crippen molar-refractivity contribution in [2.24, 2.45) is 5.92 Å². The SMILES string of the molecule is CN1CC2N(C(=O)C3(F)CCC(C(=O)O)CC3)CCC2(Cc2ccc(Cl)cc2)c2ccc(C(C)(F)C(F)(F)F)cc21. The third-order valence-electron chi connectivity index (χ3n) is 9.48. The summed E-state index contributed by atoms with van der Waals surface area (Å²) >= 11 is 6.09. The molecule has 0 spiro atoms. The van der Waals surface area contributed by atoms with Crippen LogP contribution >= 0.6 is 11.6 Å². The summed E-state index contributed by atoms with van der Waals surface area (Å²) in [4.78, 5) is 28.4. The smallest absolute Gasteiger partial charge is 0.426 e. The average Bonchev–Trinajstić information content (AvgIpc) is 3.27. The maximum atomic E-state index is 16.1. The number of hydrogen-bond acceptors (Lipinski definition) is 3. The lowest BCUT2D eigenvalue weighted by Gasteiger charge is -2.48. The van der Waals surface area contributed by atoms with E-state index >= 15 is 4.39 Å². The minimum absolute atomic E-state index is 0.0682. The van der Waals surface area contributed by atoms with E-state index in [1.807, 2.05) is 12.1 Å². The van der Waals surface area contributed by atoms with Crippen molar-refractivity contribution < 1.29 is 36.6 Å². The van der Waals surface area contributed by atoms with Crippen LogP contribution in [0.2, 0.25) is 5.02 Å². The van der Waals surface area contributed by atoms with Crippen molar-refractivity contribution in [3.63, 3.8) is 0 Å². The molecule has 0 bridgehead atoms. The topological polar surface area (TPSA) is 60.9 Å². The largest absolute Gasteiger partial charge is 0.481 e. The van der Waals surface area contributed by atoms with Gasteiger partial charge in [-0.25, -0.2) is 8.78 Å². The molecule has 2 aromatic carbocycles. The van der Waals surface area contributed by atoms with Gasteiger partial charge in [0.15, 0.2) is 5.67 Å². The first kappa shape index (κ1) is 29.6. The molecule has 222 valence electrons. The van der Waals surface area contributed by atoms with Crippen molar-refractivity contribution >= 4 is 29.2 Å². The molecule has 0 aromatic heterocycles. The van der Waals surface area contributed by atoms with Crippen LogP contribution in [0, 0.1) is 5.92 Å². The average molecular weight is 599 g/mol. The summed E-state index contributed by atoms with van der Waals surface area (Å²) in [5.74, 6) is -2.36. The number of benzene rings is 2. The van der Waals surface area contributed by atoms with Crippen LogP contribution in [-0.4, -0.2) is 59.9 Å². The van der Waals surface area contributed by atoms with E-state index in [1.54, 1.807) is 29.0 Å². The molecular formula is C30H32ClF5N2O3. The van der Waals surface area contributed by atoms with E-state index < -0.39 is 52.3 Å². The van der Waals surface area contributed by atoms with Gasteiger partial charge in [-0.05, 0) is 74.8 Å². The first-order valence-electron chi connectivity index (χ1n) is 13.7. The number of likely N-dealkylation sites (N-methyl/N-ethyl adjacent to an activating group) is 1. The highest BCUT2D eigenvalue weighted by Gasteiger charge is 2.58. The van der Waals surface area contributed by atoms with Crippen molar-refractivity contribution in [1.29, 1.82) is 0 Å². The molecule has 2 heterocycles. The minimum Gasteiger partial charge on any atom is -0.481 e. The summed E-state index contributed by atoms with van der Waals surface area (Å²) in [6.07, 6.45) is -4.50. The third-order valence-corrected chi connectivity index (χ3v) is 9.74. The van der Waals surface area contributed by atoms with Crippen LogP contribution in [0.3, 0.4) is 0 Å². The monoisotopic (exact) mass is 598 g/mol. The summed E-state index contributed by atoms with van der Waals surface area (Å²) in [5.41, 5.74) is -5.04. The van der Waals surface area contributed by atoms with Crippen LogP contribution < -0.4 is 4.90 Å². The van der Waals surface area contributed by atoms with Gasteiger partial charge in [-0.1, -0.05) is 35.9 Å². The zero-order valence-electron chi connectivity index (χ0n) is 22.8. The van der Waals surface area contributed by atoms with Gasteiger partial charge in [0.25, 0.3) is 5.91 Å². The predicted octanol–water partition coefficient (Wildman–Crippen LogP) is 6.60. The molecule has 41 heavy (non-hydrogen) atoms. The molecule has 2 aromatic rings. The summed E-state index contributed by atoms with van der Waals surface area (Å²) in [7, 11) is 1.67. The molecule has 3 atom stereocenters. The highest BCUT2D eigenvalue weighted by Crippen LogP contribution is 2.53. The number of likely N-dealkylation sites (tertiary alicyclic amines) is 1. The van der Waals surface area contributed by atoms with E-state index in [1.165, 1.54) is 12.1 Å². The van der Waals surface area contributed by atoms with Gasteiger partial charge in [-0.2, -0.15) is 13.2 Å². The molecule has 2 aliphatic heterocycles. The van der Waals surface area contributed by atoms with E-state index in [-0.39, 0.29) is 38.8 Å². The summed E-state index contributed by atoms with van der Waals surface area (Å²) < 4.78 is 71.8. The lowest BCUT2D eigenvalue weighted by Crippen LogP contribution is -2.59.